The lowest BCUT2D eigenvalue weighted by Gasteiger charge is -2.39. The number of amides is 1. The van der Waals surface area contributed by atoms with Crippen LogP contribution in [0.15, 0.2) is 71.7 Å². The SMILES string of the molecule is CN1C[C@H](CO)C=C2c3cccc4[nH]cc(c34)C[C@H]21.CO[C@H]1/C=C/O[C@@]2(C)Oc3c(C)c(O)c4c(O)c(c(/C=N/N5CCN(C)CC5)c(O)c4c3C2=O)NC(=O)/C(C)=C\C=C\[C@H](C)[C@H](O)[C@@H](C)[C@@H](O)[C@@H](C)[C@H](OC(C)=O)[C@@H]1C. The van der Waals surface area contributed by atoms with E-state index in [9.17, 15) is 45.0 Å². The molecule has 1 aliphatic carbocycles. The summed E-state index contributed by atoms with van der Waals surface area (Å²) in [5, 5.41) is 77.7. The van der Waals surface area contributed by atoms with Gasteiger partial charge in [0.05, 0.1) is 59.6 Å². The second-order valence-electron chi connectivity index (χ2n) is 21.9. The Hall–Kier alpha value is -6.74. The fourth-order valence-electron chi connectivity index (χ4n) is 11.6. The number of benzene rings is 3. The van der Waals surface area contributed by atoms with E-state index in [1.54, 1.807) is 44.9 Å². The Morgan fingerprint density at radius 3 is 2.33 bits per heavy atom. The Labute approximate surface area is 455 Å². The van der Waals surface area contributed by atoms with Gasteiger partial charge in [0.25, 0.3) is 11.7 Å². The predicted molar refractivity (Wildman–Crippen MR) is 297 cm³/mol. The number of likely N-dealkylation sites (N-methyl/N-ethyl adjacent to an activating group) is 2. The maximum absolute atomic E-state index is 14.4. The number of piperazine rings is 1. The summed E-state index contributed by atoms with van der Waals surface area (Å²) in [6, 6.07) is 6.92. The second kappa shape index (κ2) is 23.3. The number of hydrazone groups is 1. The normalized spacial score (nSPS) is 30.7. The lowest BCUT2D eigenvalue weighted by Crippen LogP contribution is -2.46. The van der Waals surface area contributed by atoms with Crippen LogP contribution in [0.3, 0.4) is 0 Å². The molecule has 1 fully saturated rings. The number of anilines is 1. The second-order valence-corrected chi connectivity index (χ2v) is 21.9. The number of carbonyl (C=O) groups excluding carboxylic acids is 3. The number of Topliss-reactive ketones (excluding diaryl/α,β-unsaturated/α-hetero) is 1. The van der Waals surface area contributed by atoms with Crippen LogP contribution in [0.4, 0.5) is 5.69 Å². The first kappa shape index (κ1) is 57.4. The lowest BCUT2D eigenvalue weighted by atomic mass is 9.78. The van der Waals surface area contributed by atoms with Crippen LogP contribution in [0.25, 0.3) is 27.2 Å². The number of aromatic hydroxyl groups is 3. The Morgan fingerprint density at radius 2 is 1.65 bits per heavy atom. The van der Waals surface area contributed by atoms with E-state index >= 15 is 0 Å². The maximum Gasteiger partial charge on any atom is 0.312 e. The number of allylic oxidation sites excluding steroid dienone is 2. The van der Waals surface area contributed by atoms with Gasteiger partial charge in [-0.3, -0.25) is 24.3 Å². The van der Waals surface area contributed by atoms with Crippen molar-refractivity contribution in [2.45, 2.75) is 98.1 Å². The number of H-pyrrole nitrogens is 1. The number of aliphatic hydroxyl groups excluding tert-OH is 3. The van der Waals surface area contributed by atoms with Gasteiger partial charge < -0.3 is 64.8 Å². The zero-order chi connectivity index (χ0) is 56.7. The van der Waals surface area contributed by atoms with Crippen molar-refractivity contribution in [1.82, 2.24) is 19.8 Å². The van der Waals surface area contributed by atoms with Gasteiger partial charge in [-0.25, -0.2) is 0 Å². The number of esters is 1. The van der Waals surface area contributed by atoms with Gasteiger partial charge in [0.15, 0.2) is 5.75 Å². The fraction of sp³-hybridized carbons (Fsp3) is 0.492. The predicted octanol–water partition coefficient (Wildman–Crippen LogP) is 6.37. The standard InChI is InChI=1S/C43H58N4O12.C16H18N2O/c1-21-12-11-13-22(2)42(55)45-33-28(20-44-47-17-15-46(9)16-18-47)37(52)30-31(38(33)53)36(51)26(6)40-32(30)41(54)43(8,59-40)57-19-14-29(56-10)23(3)39(58-27(7)48)25(5)35(50)24(4)34(21)49;1-18-8-10(9-19)5-13-12-3-2-4-14-16(12)11(7-17-14)6-15(13)18/h11-14,19-21,23-25,29,34-35,39,49-53H,15-18H2,1-10H3,(H,45,55);2-5,7,10,15,17,19H,6,8-9H2,1H3/b12-11+,19-14+,22-13-,44-20+;/t21-,23+,24+,25+,29-,34-,35+,39+,43-;10-,15-/m01/s1. The van der Waals surface area contributed by atoms with Gasteiger partial charge in [0.1, 0.15) is 23.4 Å². The van der Waals surface area contributed by atoms with Crippen molar-refractivity contribution in [3.63, 3.8) is 0 Å². The highest BCUT2D eigenvalue weighted by Gasteiger charge is 2.50. The van der Waals surface area contributed by atoms with E-state index in [0.717, 1.165) is 26.1 Å². The quantitative estimate of drug-likeness (QED) is 0.0468. The Balaban J connectivity index is 0.000000348. The molecule has 6 aliphatic rings. The molecule has 8 N–H and O–H groups in total. The van der Waals surface area contributed by atoms with Gasteiger partial charge in [-0.15, -0.1) is 0 Å². The minimum atomic E-state index is -2.04. The number of rotatable bonds is 5. The van der Waals surface area contributed by atoms with E-state index in [1.807, 2.05) is 7.05 Å². The number of phenolic OH excluding ortho intramolecular Hbond substituents is 3. The van der Waals surface area contributed by atoms with Crippen molar-refractivity contribution in [3.05, 3.63) is 94.4 Å². The van der Waals surface area contributed by atoms with E-state index in [-0.39, 0.29) is 57.0 Å². The van der Waals surface area contributed by atoms with E-state index < -0.39 is 88.8 Å². The highest BCUT2D eigenvalue weighted by atomic mass is 16.7. The molecule has 0 saturated carbocycles. The zero-order valence-electron chi connectivity index (χ0n) is 46.4. The molecular formula is C59H76N6O13. The van der Waals surface area contributed by atoms with Crippen LogP contribution < -0.4 is 10.1 Å². The molecule has 19 nitrogen and oxygen atoms in total. The number of methoxy groups -OCH3 is 1. The molecule has 0 radical (unpaired) electrons. The summed E-state index contributed by atoms with van der Waals surface area (Å²) in [5.41, 5.74) is 5.03. The number of nitrogens with one attached hydrogen (secondary N) is 2. The molecule has 19 heteroatoms. The first-order valence-electron chi connectivity index (χ1n) is 26.7. The van der Waals surface area contributed by atoms with Crippen LogP contribution in [0, 0.1) is 36.5 Å². The fourth-order valence-corrected chi connectivity index (χ4v) is 11.6. The maximum atomic E-state index is 14.4. The minimum absolute atomic E-state index is 0.0559. The zero-order valence-corrected chi connectivity index (χ0v) is 46.4. The molecule has 420 valence electrons. The van der Waals surface area contributed by atoms with Crippen LogP contribution in [0.2, 0.25) is 0 Å². The third-order valence-corrected chi connectivity index (χ3v) is 16.4. The van der Waals surface area contributed by atoms with Crippen LogP contribution in [-0.4, -0.2) is 171 Å². The van der Waals surface area contributed by atoms with Gasteiger partial charge in [0.2, 0.25) is 0 Å². The molecule has 10 rings (SSSR count). The molecule has 6 heterocycles. The average molecular weight is 1080 g/mol. The average Bonchev–Trinajstić information content (AvgIpc) is 4.05. The van der Waals surface area contributed by atoms with E-state index in [2.05, 4.69) is 62.7 Å². The van der Waals surface area contributed by atoms with E-state index in [1.165, 1.54) is 87.0 Å². The third kappa shape index (κ3) is 11.0. The number of aromatic amines is 1. The first-order chi connectivity index (χ1) is 37.0. The molecule has 5 aliphatic heterocycles. The summed E-state index contributed by atoms with van der Waals surface area (Å²) < 4.78 is 23.6. The van der Waals surface area contributed by atoms with Crippen molar-refractivity contribution >= 4 is 56.8 Å². The Morgan fingerprint density at radius 1 is 0.936 bits per heavy atom. The molecule has 5 bridgehead atoms. The van der Waals surface area contributed by atoms with Crippen LogP contribution in [0.1, 0.15) is 81.1 Å². The summed E-state index contributed by atoms with van der Waals surface area (Å²) >= 11 is 0. The summed E-state index contributed by atoms with van der Waals surface area (Å²) in [5.74, 6) is -8.09. The minimum Gasteiger partial charge on any atom is -0.507 e. The number of carbonyl (C=O) groups is 3. The monoisotopic (exact) mass is 1080 g/mol. The molecule has 0 spiro atoms. The number of aromatic nitrogens is 1. The van der Waals surface area contributed by atoms with Crippen molar-refractivity contribution in [2.75, 3.05) is 65.9 Å². The van der Waals surface area contributed by atoms with Crippen molar-refractivity contribution < 1.29 is 64.0 Å². The molecule has 1 saturated heterocycles. The van der Waals surface area contributed by atoms with Crippen molar-refractivity contribution in [2.24, 2.45) is 34.7 Å². The summed E-state index contributed by atoms with van der Waals surface area (Å²) in [7, 11) is 5.59. The van der Waals surface area contributed by atoms with Crippen LogP contribution in [-0.2, 0) is 30.2 Å². The lowest BCUT2D eigenvalue weighted by molar-refractivity contribution is -0.160. The summed E-state index contributed by atoms with van der Waals surface area (Å²) in [6.45, 7) is 16.3. The topological polar surface area (TPSA) is 259 Å². The molecule has 4 aromatic rings. The Kier molecular flexibility index (Phi) is 17.2. The summed E-state index contributed by atoms with van der Waals surface area (Å²) in [6.07, 6.45) is 10.4. The van der Waals surface area contributed by atoms with Gasteiger partial charge in [-0.1, -0.05) is 64.1 Å². The number of fused-ring (bicyclic) bond motifs is 16. The number of ether oxygens (including phenoxy) is 4. The van der Waals surface area contributed by atoms with Crippen molar-refractivity contribution in [3.8, 4) is 23.0 Å². The smallest absolute Gasteiger partial charge is 0.312 e. The van der Waals surface area contributed by atoms with Crippen molar-refractivity contribution in [1.29, 1.82) is 0 Å². The molecule has 1 amide bonds. The highest BCUT2D eigenvalue weighted by molar-refractivity contribution is 6.24. The number of hydrogen-bond acceptors (Lipinski definition) is 17. The van der Waals surface area contributed by atoms with Crippen LogP contribution >= 0.6 is 0 Å². The van der Waals surface area contributed by atoms with Gasteiger partial charge in [-0.05, 0) is 63.2 Å². The molecule has 11 atom stereocenters. The number of phenols is 3. The van der Waals surface area contributed by atoms with E-state index in [4.69, 9.17) is 18.9 Å². The first-order valence-corrected chi connectivity index (χ1v) is 26.7. The van der Waals surface area contributed by atoms with Gasteiger partial charge in [-0.2, -0.15) is 5.10 Å². The molecule has 1 aromatic heterocycles. The number of ketones is 1. The highest BCUT2D eigenvalue weighted by Crippen LogP contribution is 2.55. The number of nitrogens with zero attached hydrogens (tertiary/aromatic N) is 4. The summed E-state index contributed by atoms with van der Waals surface area (Å²) in [4.78, 5) is 48.4. The largest absolute Gasteiger partial charge is 0.507 e. The van der Waals surface area contributed by atoms with E-state index in [0.29, 0.717) is 19.1 Å². The van der Waals surface area contributed by atoms with Gasteiger partial charge >= 0.3 is 11.8 Å². The Bertz CT molecular complexity index is 3100. The third-order valence-electron chi connectivity index (χ3n) is 16.4. The molecule has 3 aromatic carbocycles. The number of aliphatic hydroxyl groups is 3. The van der Waals surface area contributed by atoms with Gasteiger partial charge in [0, 0.05) is 123 Å². The van der Waals surface area contributed by atoms with Crippen LogP contribution in [0.5, 0.6) is 23.0 Å². The number of hydrogen-bond donors (Lipinski definition) is 8. The molecular weight excluding hydrogens is 1000 g/mol. The molecule has 78 heavy (non-hydrogen) atoms. The molecule has 0 unspecified atom stereocenters.